The number of Topliss-reactive ketones (excluding diaryl/α,β-unsaturated/α-hetero) is 1. The third-order valence-electron chi connectivity index (χ3n) is 2.66. The van der Waals surface area contributed by atoms with Crippen LogP contribution in [0.1, 0.15) is 23.1 Å². The third kappa shape index (κ3) is 2.72. The number of rotatable bonds is 4. The molecule has 0 radical (unpaired) electrons. The first kappa shape index (κ1) is 11.4. The Bertz CT molecular complexity index is 514. The number of nitrogens with one attached hydrogen (secondary N) is 1. The van der Waals surface area contributed by atoms with Gasteiger partial charge in [-0.3, -0.25) is 4.79 Å². The molecule has 88 valence electrons. The Morgan fingerprint density at radius 3 is 2.59 bits per heavy atom. The van der Waals surface area contributed by atoms with Crippen LogP contribution in [0, 0.1) is 0 Å². The number of aryl methyl sites for hydroxylation is 1. The normalized spacial score (nSPS) is 10.2. The zero-order valence-corrected chi connectivity index (χ0v) is 9.97. The van der Waals surface area contributed by atoms with Crippen LogP contribution < -0.4 is 5.32 Å². The fourth-order valence-corrected chi connectivity index (χ4v) is 1.57. The van der Waals surface area contributed by atoms with Gasteiger partial charge in [-0.05, 0) is 31.2 Å². The van der Waals surface area contributed by atoms with E-state index in [0.717, 1.165) is 17.1 Å². The van der Waals surface area contributed by atoms with Gasteiger partial charge in [0, 0.05) is 30.7 Å². The summed E-state index contributed by atoms with van der Waals surface area (Å²) in [5, 5.41) is 3.26. The van der Waals surface area contributed by atoms with E-state index in [4.69, 9.17) is 0 Å². The van der Waals surface area contributed by atoms with E-state index in [9.17, 15) is 4.79 Å². The number of carbonyl (C=O) groups is 1. The molecule has 1 aromatic carbocycles. The monoisotopic (exact) mass is 229 g/mol. The molecule has 1 aromatic heterocycles. The lowest BCUT2D eigenvalue weighted by molar-refractivity contribution is 0.101. The maximum absolute atomic E-state index is 11.1. The zero-order valence-electron chi connectivity index (χ0n) is 9.97. The van der Waals surface area contributed by atoms with Crippen LogP contribution in [0.4, 0.5) is 5.69 Å². The van der Waals surface area contributed by atoms with Crippen molar-refractivity contribution in [1.82, 2.24) is 9.55 Å². The third-order valence-corrected chi connectivity index (χ3v) is 2.66. The number of imidazole rings is 1. The quantitative estimate of drug-likeness (QED) is 0.818. The van der Waals surface area contributed by atoms with E-state index in [-0.39, 0.29) is 5.78 Å². The highest BCUT2D eigenvalue weighted by molar-refractivity contribution is 5.94. The number of benzene rings is 1. The fraction of sp³-hybridized carbons (Fsp3) is 0.231. The van der Waals surface area contributed by atoms with E-state index >= 15 is 0 Å². The van der Waals surface area contributed by atoms with Crippen LogP contribution in [0.15, 0.2) is 36.7 Å². The maximum Gasteiger partial charge on any atom is 0.159 e. The van der Waals surface area contributed by atoms with E-state index in [2.05, 4.69) is 10.3 Å². The fourth-order valence-electron chi connectivity index (χ4n) is 1.57. The maximum atomic E-state index is 11.1. The number of nitrogens with zero attached hydrogens (tertiary/aromatic N) is 2. The van der Waals surface area contributed by atoms with E-state index in [1.165, 1.54) is 0 Å². The minimum atomic E-state index is 0.0839. The summed E-state index contributed by atoms with van der Waals surface area (Å²) in [5.41, 5.74) is 1.71. The van der Waals surface area contributed by atoms with Crippen molar-refractivity contribution in [1.29, 1.82) is 0 Å². The predicted molar refractivity (Wildman–Crippen MR) is 67.0 cm³/mol. The van der Waals surface area contributed by atoms with Crippen LogP contribution in [0.5, 0.6) is 0 Å². The van der Waals surface area contributed by atoms with Crippen LogP contribution >= 0.6 is 0 Å². The van der Waals surface area contributed by atoms with Crippen LogP contribution in [0.25, 0.3) is 0 Å². The Morgan fingerprint density at radius 1 is 1.35 bits per heavy atom. The average Bonchev–Trinajstić information content (AvgIpc) is 2.73. The average molecular weight is 229 g/mol. The molecule has 17 heavy (non-hydrogen) atoms. The largest absolute Gasteiger partial charge is 0.378 e. The molecule has 0 atom stereocenters. The van der Waals surface area contributed by atoms with E-state index < -0.39 is 0 Å². The molecule has 0 aliphatic heterocycles. The highest BCUT2D eigenvalue weighted by atomic mass is 16.1. The van der Waals surface area contributed by atoms with E-state index in [1.807, 2.05) is 42.1 Å². The number of hydrogen-bond donors (Lipinski definition) is 1. The molecule has 0 fully saturated rings. The molecule has 0 aliphatic carbocycles. The molecule has 0 amide bonds. The van der Waals surface area contributed by atoms with Gasteiger partial charge < -0.3 is 9.88 Å². The second-order valence-corrected chi connectivity index (χ2v) is 3.94. The SMILES string of the molecule is CC(=O)c1ccc(NCc2nccn2C)cc1. The van der Waals surface area contributed by atoms with Crippen LogP contribution in [0.3, 0.4) is 0 Å². The van der Waals surface area contributed by atoms with Gasteiger partial charge in [-0.1, -0.05) is 0 Å². The first-order valence-electron chi connectivity index (χ1n) is 5.48. The molecule has 2 aromatic rings. The summed E-state index contributed by atoms with van der Waals surface area (Å²) in [5.74, 6) is 1.06. The van der Waals surface area contributed by atoms with Crippen molar-refractivity contribution in [3.05, 3.63) is 48.0 Å². The molecule has 4 heteroatoms. The number of ketones is 1. The number of hydrogen-bond acceptors (Lipinski definition) is 3. The first-order valence-corrected chi connectivity index (χ1v) is 5.48. The second kappa shape index (κ2) is 4.82. The van der Waals surface area contributed by atoms with Crippen LogP contribution in [-0.2, 0) is 13.6 Å². The first-order chi connectivity index (χ1) is 8.16. The minimum Gasteiger partial charge on any atom is -0.378 e. The van der Waals surface area contributed by atoms with Crippen molar-refractivity contribution in [3.63, 3.8) is 0 Å². The Kier molecular flexibility index (Phi) is 3.23. The van der Waals surface area contributed by atoms with Gasteiger partial charge in [0.25, 0.3) is 0 Å². The Labute approximate surface area is 100 Å². The van der Waals surface area contributed by atoms with Crippen molar-refractivity contribution >= 4 is 11.5 Å². The van der Waals surface area contributed by atoms with Crippen molar-refractivity contribution in [3.8, 4) is 0 Å². The van der Waals surface area contributed by atoms with Crippen LogP contribution in [-0.4, -0.2) is 15.3 Å². The van der Waals surface area contributed by atoms with Gasteiger partial charge in [-0.2, -0.15) is 0 Å². The van der Waals surface area contributed by atoms with Crippen molar-refractivity contribution in [2.75, 3.05) is 5.32 Å². The number of carbonyl (C=O) groups excluding carboxylic acids is 1. The minimum absolute atomic E-state index is 0.0839. The Balaban J connectivity index is 2.00. The molecular formula is C13H15N3O. The van der Waals surface area contributed by atoms with Crippen LogP contribution in [0.2, 0.25) is 0 Å². The summed E-state index contributed by atoms with van der Waals surface area (Å²) < 4.78 is 1.97. The van der Waals surface area contributed by atoms with Gasteiger partial charge >= 0.3 is 0 Å². The number of anilines is 1. The summed E-state index contributed by atoms with van der Waals surface area (Å²) in [6.45, 7) is 2.24. The van der Waals surface area contributed by atoms with Gasteiger partial charge in [0.2, 0.25) is 0 Å². The molecular weight excluding hydrogens is 214 g/mol. The summed E-state index contributed by atoms with van der Waals surface area (Å²) in [4.78, 5) is 15.3. The lowest BCUT2D eigenvalue weighted by atomic mass is 10.1. The van der Waals surface area contributed by atoms with Gasteiger partial charge in [0.1, 0.15) is 5.82 Å². The summed E-state index contributed by atoms with van der Waals surface area (Å²) >= 11 is 0. The molecule has 2 rings (SSSR count). The van der Waals surface area contributed by atoms with Crippen molar-refractivity contribution in [2.45, 2.75) is 13.5 Å². The topological polar surface area (TPSA) is 46.9 Å². The Hall–Kier alpha value is -2.10. The highest BCUT2D eigenvalue weighted by Crippen LogP contribution is 2.11. The van der Waals surface area contributed by atoms with Gasteiger partial charge in [0.15, 0.2) is 5.78 Å². The van der Waals surface area contributed by atoms with E-state index in [0.29, 0.717) is 6.54 Å². The summed E-state index contributed by atoms with van der Waals surface area (Å²) in [6.07, 6.45) is 3.69. The van der Waals surface area contributed by atoms with E-state index in [1.54, 1.807) is 13.1 Å². The summed E-state index contributed by atoms with van der Waals surface area (Å²) in [6, 6.07) is 7.45. The molecule has 0 saturated heterocycles. The summed E-state index contributed by atoms with van der Waals surface area (Å²) in [7, 11) is 1.96. The Morgan fingerprint density at radius 2 is 2.06 bits per heavy atom. The van der Waals surface area contributed by atoms with Crippen molar-refractivity contribution in [2.24, 2.45) is 7.05 Å². The molecule has 1 N–H and O–H groups in total. The lowest BCUT2D eigenvalue weighted by Crippen LogP contribution is -2.05. The zero-order chi connectivity index (χ0) is 12.3. The molecule has 0 bridgehead atoms. The molecule has 0 aliphatic rings. The molecule has 1 heterocycles. The van der Waals surface area contributed by atoms with Gasteiger partial charge in [0.05, 0.1) is 6.54 Å². The van der Waals surface area contributed by atoms with Gasteiger partial charge in [-0.15, -0.1) is 0 Å². The predicted octanol–water partition coefficient (Wildman–Crippen LogP) is 2.23. The molecule has 0 unspecified atom stereocenters. The molecule has 0 spiro atoms. The standard InChI is InChI=1S/C13H15N3O/c1-10(17)11-3-5-12(6-4-11)15-9-13-14-7-8-16(13)2/h3-8,15H,9H2,1-2H3. The molecule has 4 nitrogen and oxygen atoms in total. The second-order valence-electron chi connectivity index (χ2n) is 3.94. The van der Waals surface area contributed by atoms with Gasteiger partial charge in [-0.25, -0.2) is 4.98 Å². The lowest BCUT2D eigenvalue weighted by Gasteiger charge is -2.06. The van der Waals surface area contributed by atoms with Crippen molar-refractivity contribution < 1.29 is 4.79 Å². The molecule has 0 saturated carbocycles. The smallest absolute Gasteiger partial charge is 0.159 e. The highest BCUT2D eigenvalue weighted by Gasteiger charge is 2.00. The number of aromatic nitrogens is 2.